The van der Waals surface area contributed by atoms with E-state index in [0.717, 1.165) is 48.8 Å². The lowest BCUT2D eigenvalue weighted by Gasteiger charge is -2.15. The highest BCUT2D eigenvalue weighted by atomic mass is 35.5. The summed E-state index contributed by atoms with van der Waals surface area (Å²) in [4.78, 5) is 39.4. The van der Waals surface area contributed by atoms with Gasteiger partial charge in [0, 0.05) is 41.5 Å². The number of fused-ring (bicyclic) bond motifs is 2. The maximum absolute atomic E-state index is 14.1. The van der Waals surface area contributed by atoms with Crippen molar-refractivity contribution >= 4 is 33.4 Å². The fourth-order valence-corrected chi connectivity index (χ4v) is 6.62. The summed E-state index contributed by atoms with van der Waals surface area (Å²) in [5, 5.41) is 8.76. The zero-order valence-electron chi connectivity index (χ0n) is 33.6. The number of nitriles is 1. The molecular formula is C45H26ClF10N7O4. The molecule has 0 aliphatic carbocycles. The maximum Gasteiger partial charge on any atom is 0.421 e. The van der Waals surface area contributed by atoms with Gasteiger partial charge in [-0.05, 0) is 71.8 Å². The molecule has 22 heteroatoms. The van der Waals surface area contributed by atoms with Crippen molar-refractivity contribution in [3.8, 4) is 29.3 Å². The van der Waals surface area contributed by atoms with Crippen molar-refractivity contribution in [2.75, 3.05) is 0 Å². The van der Waals surface area contributed by atoms with E-state index in [1.807, 2.05) is 0 Å². The minimum absolute atomic E-state index is 0.0113. The van der Waals surface area contributed by atoms with Crippen LogP contribution in [0.3, 0.4) is 0 Å². The third-order valence-corrected chi connectivity index (χ3v) is 9.96. The number of nitrogens with zero attached hydrogens (tertiary/aromatic N) is 7. The number of hydrogen-bond acceptors (Lipinski definition) is 9. The van der Waals surface area contributed by atoms with Crippen LogP contribution in [0, 0.1) is 34.6 Å². The first-order chi connectivity index (χ1) is 31.8. The number of ether oxygens (including phenoxy) is 2. The Morgan fingerprint density at radius 3 is 1.42 bits per heavy atom. The van der Waals surface area contributed by atoms with Crippen molar-refractivity contribution in [2.24, 2.45) is 0 Å². The Kier molecular flexibility index (Phi) is 13.6. The largest absolute Gasteiger partial charge is 0.438 e. The summed E-state index contributed by atoms with van der Waals surface area (Å²) in [5.41, 5.74) is -2.45. The van der Waals surface area contributed by atoms with Crippen LogP contribution in [0.4, 0.5) is 43.9 Å². The molecule has 0 saturated carbocycles. The quantitative estimate of drug-likeness (QED) is 0.0969. The van der Waals surface area contributed by atoms with Gasteiger partial charge in [0.2, 0.25) is 11.8 Å². The molecule has 0 radical (unpaired) electrons. The van der Waals surface area contributed by atoms with Crippen LogP contribution in [0.2, 0.25) is 0 Å². The van der Waals surface area contributed by atoms with Crippen molar-refractivity contribution < 1.29 is 53.4 Å². The lowest BCUT2D eigenvalue weighted by molar-refractivity contribution is -0.139. The average Bonchev–Trinajstić information content (AvgIpc) is 3.27. The van der Waals surface area contributed by atoms with Gasteiger partial charge in [-0.1, -0.05) is 12.1 Å². The monoisotopic (exact) mass is 953 g/mol. The van der Waals surface area contributed by atoms with Gasteiger partial charge in [-0.15, -0.1) is 11.6 Å². The van der Waals surface area contributed by atoms with Crippen molar-refractivity contribution in [1.29, 1.82) is 5.26 Å². The summed E-state index contributed by atoms with van der Waals surface area (Å²) in [7, 11) is 0. The van der Waals surface area contributed by atoms with Crippen LogP contribution >= 0.6 is 11.6 Å². The Balaban J connectivity index is 0.000000199. The number of aromatic nitrogens is 6. The second-order valence-corrected chi connectivity index (χ2v) is 14.5. The third kappa shape index (κ3) is 11.0. The molecule has 0 unspecified atom stereocenters. The molecule has 0 aliphatic rings. The molecule has 0 atom stereocenters. The van der Waals surface area contributed by atoms with Crippen LogP contribution in [0.15, 0.2) is 120 Å². The van der Waals surface area contributed by atoms with Crippen molar-refractivity contribution in [3.05, 3.63) is 187 Å². The summed E-state index contributed by atoms with van der Waals surface area (Å²) in [5.74, 6) is -4.81. The highest BCUT2D eigenvalue weighted by Crippen LogP contribution is 2.39. The molecule has 0 spiro atoms. The molecule has 0 fully saturated rings. The lowest BCUT2D eigenvalue weighted by Crippen LogP contribution is -2.14. The Bertz CT molecular complexity index is 3340. The predicted molar refractivity (Wildman–Crippen MR) is 220 cm³/mol. The first kappa shape index (κ1) is 47.1. The van der Waals surface area contributed by atoms with Gasteiger partial charge < -0.3 is 18.6 Å². The van der Waals surface area contributed by atoms with Crippen molar-refractivity contribution in [1.82, 2.24) is 29.1 Å². The molecule has 4 aromatic carbocycles. The minimum atomic E-state index is -4.79. The smallest absolute Gasteiger partial charge is 0.421 e. The lowest BCUT2D eigenvalue weighted by atomic mass is 10.1. The summed E-state index contributed by atoms with van der Waals surface area (Å²) in [6.45, 7) is -0.133. The molecule has 0 saturated heterocycles. The number of pyridine rings is 2. The molecule has 4 aromatic heterocycles. The fourth-order valence-electron chi connectivity index (χ4n) is 6.47. The summed E-state index contributed by atoms with van der Waals surface area (Å²) in [6.07, 6.45) is -5.16. The van der Waals surface area contributed by atoms with Gasteiger partial charge >= 0.3 is 12.4 Å². The average molecular weight is 954 g/mol. The molecule has 0 N–H and O–H groups in total. The highest BCUT2D eigenvalue weighted by Gasteiger charge is 2.37. The van der Waals surface area contributed by atoms with Gasteiger partial charge in [0.1, 0.15) is 45.9 Å². The fraction of sp³-hybridized carbons (Fsp3) is 0.133. The van der Waals surface area contributed by atoms with Gasteiger partial charge in [0.05, 0.1) is 60.0 Å². The zero-order valence-corrected chi connectivity index (χ0v) is 34.4. The molecule has 11 nitrogen and oxygen atoms in total. The van der Waals surface area contributed by atoms with Crippen molar-refractivity contribution in [3.63, 3.8) is 0 Å². The van der Waals surface area contributed by atoms with Crippen LogP contribution in [0.1, 0.15) is 33.4 Å². The molecule has 0 aliphatic heterocycles. The van der Waals surface area contributed by atoms with Crippen LogP contribution in [-0.4, -0.2) is 29.1 Å². The van der Waals surface area contributed by atoms with E-state index in [0.29, 0.717) is 11.0 Å². The van der Waals surface area contributed by atoms with E-state index >= 15 is 0 Å². The SMILES string of the molecule is N#CCc1cnc(Oc2ccc3c(c2)c(=O)ncn3Cc2ccc(F)cc2F)c(C(F)(F)F)c1.O=c1ncn(Cc2ccc(F)cc2F)c2ccc(Oc3ncc(CCl)cc3C(F)(F)F)cc12. The van der Waals surface area contributed by atoms with Crippen LogP contribution in [0.25, 0.3) is 21.8 Å². The summed E-state index contributed by atoms with van der Waals surface area (Å²) < 4.78 is 149. The van der Waals surface area contributed by atoms with E-state index in [-0.39, 0.29) is 69.9 Å². The van der Waals surface area contributed by atoms with Gasteiger partial charge in [0.25, 0.3) is 11.1 Å². The van der Waals surface area contributed by atoms with Gasteiger partial charge in [0.15, 0.2) is 0 Å². The van der Waals surface area contributed by atoms with Crippen LogP contribution in [-0.2, 0) is 37.7 Å². The van der Waals surface area contributed by atoms with E-state index in [2.05, 4.69) is 19.9 Å². The Morgan fingerprint density at radius 1 is 0.582 bits per heavy atom. The molecule has 0 bridgehead atoms. The standard InChI is InChI=1S/C23H13F5N4O2.C22H13ClF5N3O2/c24-15-2-1-14(19(25)8-15)11-32-12-31-21(33)17-9-16(3-4-20(17)32)34-22-18(23(26,27)28)7-13(5-6-29)10-30-22;23-8-12-5-17(22(26,27)28)21(29-9-12)33-15-3-4-19-16(7-15)20(32)30-11-31(19)10-13-1-2-14(24)6-18(13)25/h1-4,7-10,12H,5,11H2;1-7,9,11H,8,10H2. The minimum Gasteiger partial charge on any atom is -0.438 e. The van der Waals surface area contributed by atoms with Crippen molar-refractivity contribution in [2.45, 2.75) is 37.7 Å². The van der Waals surface area contributed by atoms with Gasteiger partial charge in [-0.25, -0.2) is 27.5 Å². The van der Waals surface area contributed by atoms with E-state index in [1.54, 1.807) is 6.07 Å². The number of halogens is 11. The molecule has 8 aromatic rings. The van der Waals surface area contributed by atoms with E-state index < -0.39 is 69.6 Å². The topological polar surface area (TPSA) is 138 Å². The zero-order chi connectivity index (χ0) is 48.2. The highest BCUT2D eigenvalue weighted by molar-refractivity contribution is 6.17. The first-order valence-corrected chi connectivity index (χ1v) is 19.6. The second-order valence-electron chi connectivity index (χ2n) is 14.2. The third-order valence-electron chi connectivity index (χ3n) is 9.65. The van der Waals surface area contributed by atoms with E-state index in [1.165, 1.54) is 70.3 Å². The van der Waals surface area contributed by atoms with Crippen LogP contribution in [0.5, 0.6) is 23.3 Å². The first-order valence-electron chi connectivity index (χ1n) is 19.1. The Labute approximate surface area is 374 Å². The normalized spacial score (nSPS) is 11.6. The molecular weight excluding hydrogens is 928 g/mol. The molecule has 4 heterocycles. The van der Waals surface area contributed by atoms with Gasteiger partial charge in [-0.2, -0.15) is 41.6 Å². The molecule has 8 rings (SSSR count). The molecule has 342 valence electrons. The second kappa shape index (κ2) is 19.3. The summed E-state index contributed by atoms with van der Waals surface area (Å²) >= 11 is 5.60. The van der Waals surface area contributed by atoms with Crippen LogP contribution < -0.4 is 20.6 Å². The molecule has 0 amide bonds. The number of benzene rings is 4. The van der Waals surface area contributed by atoms with E-state index in [9.17, 15) is 53.5 Å². The van der Waals surface area contributed by atoms with Gasteiger partial charge in [-0.3, -0.25) is 9.59 Å². The Hall–Kier alpha value is -7.86. The molecule has 67 heavy (non-hydrogen) atoms. The number of alkyl halides is 7. The summed E-state index contributed by atoms with van der Waals surface area (Å²) in [6, 6.07) is 17.5. The van der Waals surface area contributed by atoms with E-state index in [4.69, 9.17) is 26.3 Å². The number of rotatable bonds is 10. The number of hydrogen-bond donors (Lipinski definition) is 0. The predicted octanol–water partition coefficient (Wildman–Crippen LogP) is 10.7. The Morgan fingerprint density at radius 2 is 1.01 bits per heavy atom. The maximum atomic E-state index is 14.1.